The lowest BCUT2D eigenvalue weighted by Gasteiger charge is -2.23. The largest absolute Gasteiger partial charge is 0.336 e. The van der Waals surface area contributed by atoms with Crippen molar-refractivity contribution in [3.05, 3.63) is 30.7 Å². The first-order valence-electron chi connectivity index (χ1n) is 7.95. The van der Waals surface area contributed by atoms with Crippen LogP contribution in [0.4, 0.5) is 0 Å². The maximum atomic E-state index is 12.4. The van der Waals surface area contributed by atoms with Gasteiger partial charge in [-0.3, -0.25) is 0 Å². The van der Waals surface area contributed by atoms with E-state index >= 15 is 0 Å². The number of aryl methyl sites for hydroxylation is 1. The topological polar surface area (TPSA) is 81.8 Å². The summed E-state index contributed by atoms with van der Waals surface area (Å²) in [6.45, 7) is 6.24. The number of nitrogens with one attached hydrogen (secondary N) is 1. The van der Waals surface area contributed by atoms with E-state index in [-0.39, 0.29) is 10.9 Å². The van der Waals surface area contributed by atoms with Crippen molar-refractivity contribution in [1.82, 2.24) is 23.8 Å². The van der Waals surface area contributed by atoms with E-state index in [0.29, 0.717) is 12.5 Å². The van der Waals surface area contributed by atoms with Gasteiger partial charge in [-0.05, 0) is 18.3 Å². The fourth-order valence-corrected chi connectivity index (χ4v) is 3.95. The Morgan fingerprint density at radius 3 is 3.00 bits per heavy atom. The maximum absolute atomic E-state index is 12.4. The molecule has 0 fully saturated rings. The van der Waals surface area contributed by atoms with Crippen LogP contribution in [0.3, 0.4) is 0 Å². The average Bonchev–Trinajstić information content (AvgIpc) is 3.13. The van der Waals surface area contributed by atoms with Crippen molar-refractivity contribution in [2.45, 2.75) is 44.8 Å². The predicted molar refractivity (Wildman–Crippen MR) is 86.3 cm³/mol. The number of sulfonamides is 1. The first kappa shape index (κ1) is 16.2. The van der Waals surface area contributed by atoms with Crippen LogP contribution >= 0.6 is 0 Å². The Hall–Kier alpha value is -1.67. The van der Waals surface area contributed by atoms with Crippen molar-refractivity contribution in [1.29, 1.82) is 0 Å². The van der Waals surface area contributed by atoms with Gasteiger partial charge in [0.15, 0.2) is 5.03 Å². The predicted octanol–water partition coefficient (Wildman–Crippen LogP) is 1.28. The first-order valence-corrected chi connectivity index (χ1v) is 9.44. The van der Waals surface area contributed by atoms with E-state index in [4.69, 9.17) is 0 Å². The second-order valence-electron chi connectivity index (χ2n) is 6.55. The molecule has 7 nitrogen and oxygen atoms in total. The van der Waals surface area contributed by atoms with Crippen LogP contribution in [0.15, 0.2) is 29.9 Å². The molecule has 0 amide bonds. The van der Waals surface area contributed by atoms with E-state index in [1.807, 2.05) is 10.8 Å². The molecule has 0 spiro atoms. The molecule has 0 saturated heterocycles. The summed E-state index contributed by atoms with van der Waals surface area (Å²) in [5.74, 6) is 1.75. The molecule has 23 heavy (non-hydrogen) atoms. The summed E-state index contributed by atoms with van der Waals surface area (Å²) < 4.78 is 31.4. The summed E-state index contributed by atoms with van der Waals surface area (Å²) in [6, 6.07) is 0. The number of hydrogen-bond acceptors (Lipinski definition) is 4. The molecule has 2 aromatic rings. The SMILES string of the molecule is CC(C)Cn1cnc(S(=O)(=O)NC[C@H]2CCn3ccnc3C2)c1. The molecule has 0 aromatic carbocycles. The lowest BCUT2D eigenvalue weighted by Crippen LogP contribution is -2.33. The standard InChI is InChI=1S/C15H23N5O2S/c1-12(2)9-19-10-15(17-11-19)23(21,22)18-8-13-3-5-20-6-4-16-14(20)7-13/h4,6,10-13,18H,3,5,7-9H2,1-2H3/t13-/m0/s1. The molecule has 0 saturated carbocycles. The summed E-state index contributed by atoms with van der Waals surface area (Å²) in [4.78, 5) is 8.34. The molecular weight excluding hydrogens is 314 g/mol. The zero-order valence-corrected chi connectivity index (χ0v) is 14.3. The third kappa shape index (κ3) is 3.81. The molecule has 3 rings (SSSR count). The molecule has 1 N–H and O–H groups in total. The highest BCUT2D eigenvalue weighted by Crippen LogP contribution is 2.19. The summed E-state index contributed by atoms with van der Waals surface area (Å²) in [5, 5.41) is 0.0930. The van der Waals surface area contributed by atoms with E-state index in [9.17, 15) is 8.42 Å². The lowest BCUT2D eigenvalue weighted by molar-refractivity contribution is 0.379. The highest BCUT2D eigenvalue weighted by Gasteiger charge is 2.23. The summed E-state index contributed by atoms with van der Waals surface area (Å²) in [5.41, 5.74) is 0. The van der Waals surface area contributed by atoms with Gasteiger partial charge in [-0.2, -0.15) is 0 Å². The number of hydrogen-bond donors (Lipinski definition) is 1. The van der Waals surface area contributed by atoms with Gasteiger partial charge in [0.1, 0.15) is 5.82 Å². The fraction of sp³-hybridized carbons (Fsp3) is 0.600. The Balaban J connectivity index is 1.60. The molecule has 0 radical (unpaired) electrons. The fourth-order valence-electron chi connectivity index (χ4n) is 2.89. The molecule has 1 aliphatic heterocycles. The van der Waals surface area contributed by atoms with Crippen LogP contribution in [0.1, 0.15) is 26.1 Å². The van der Waals surface area contributed by atoms with Gasteiger partial charge in [0.2, 0.25) is 0 Å². The molecular formula is C15H23N5O2S. The minimum Gasteiger partial charge on any atom is -0.336 e. The van der Waals surface area contributed by atoms with Gasteiger partial charge in [0.05, 0.1) is 6.33 Å². The quantitative estimate of drug-likeness (QED) is 0.861. The van der Waals surface area contributed by atoms with E-state index in [1.54, 1.807) is 18.7 Å². The highest BCUT2D eigenvalue weighted by molar-refractivity contribution is 7.89. The number of aromatic nitrogens is 4. The van der Waals surface area contributed by atoms with Gasteiger partial charge in [0, 0.05) is 44.6 Å². The number of fused-ring (bicyclic) bond motifs is 1. The van der Waals surface area contributed by atoms with Crippen molar-refractivity contribution < 1.29 is 8.42 Å². The lowest BCUT2D eigenvalue weighted by atomic mass is 9.98. The number of nitrogens with zero attached hydrogens (tertiary/aromatic N) is 4. The van der Waals surface area contributed by atoms with Crippen molar-refractivity contribution in [2.75, 3.05) is 6.54 Å². The van der Waals surface area contributed by atoms with E-state index in [1.165, 1.54) is 0 Å². The Morgan fingerprint density at radius 2 is 2.22 bits per heavy atom. The smallest absolute Gasteiger partial charge is 0.259 e. The van der Waals surface area contributed by atoms with Crippen molar-refractivity contribution in [2.24, 2.45) is 11.8 Å². The third-order valence-corrected chi connectivity index (χ3v) is 5.38. The van der Waals surface area contributed by atoms with Crippen LogP contribution in [0.25, 0.3) is 0 Å². The van der Waals surface area contributed by atoms with Crippen molar-refractivity contribution >= 4 is 10.0 Å². The third-order valence-electron chi connectivity index (χ3n) is 4.07. The zero-order chi connectivity index (χ0) is 16.4. The zero-order valence-electron chi connectivity index (χ0n) is 13.5. The molecule has 0 bridgehead atoms. The van der Waals surface area contributed by atoms with Gasteiger partial charge in [-0.15, -0.1) is 0 Å². The van der Waals surface area contributed by atoms with Crippen LogP contribution in [-0.4, -0.2) is 34.1 Å². The molecule has 1 aliphatic rings. The van der Waals surface area contributed by atoms with Gasteiger partial charge in [-0.1, -0.05) is 13.8 Å². The van der Waals surface area contributed by atoms with Gasteiger partial charge < -0.3 is 9.13 Å². The van der Waals surface area contributed by atoms with Crippen LogP contribution in [0.5, 0.6) is 0 Å². The summed E-state index contributed by atoms with van der Waals surface area (Å²) in [6.07, 6.45) is 8.69. The molecule has 0 aliphatic carbocycles. The van der Waals surface area contributed by atoms with Crippen LogP contribution < -0.4 is 4.72 Å². The normalized spacial score (nSPS) is 18.3. The van der Waals surface area contributed by atoms with E-state index in [2.05, 4.69) is 33.1 Å². The Kier molecular flexibility index (Phi) is 4.54. The van der Waals surface area contributed by atoms with Gasteiger partial charge in [0.25, 0.3) is 10.0 Å². The summed E-state index contributed by atoms with van der Waals surface area (Å²) in [7, 11) is -3.55. The van der Waals surface area contributed by atoms with Crippen LogP contribution in [0.2, 0.25) is 0 Å². The van der Waals surface area contributed by atoms with Crippen LogP contribution in [-0.2, 0) is 29.5 Å². The minimum absolute atomic E-state index is 0.0930. The monoisotopic (exact) mass is 337 g/mol. The Morgan fingerprint density at radius 1 is 1.39 bits per heavy atom. The second kappa shape index (κ2) is 6.45. The van der Waals surface area contributed by atoms with Crippen molar-refractivity contribution in [3.63, 3.8) is 0 Å². The Bertz CT molecular complexity index is 762. The molecule has 0 unspecified atom stereocenters. The minimum atomic E-state index is -3.55. The summed E-state index contributed by atoms with van der Waals surface area (Å²) >= 11 is 0. The van der Waals surface area contributed by atoms with E-state index in [0.717, 1.165) is 31.8 Å². The second-order valence-corrected chi connectivity index (χ2v) is 8.26. The Labute approximate surface area is 136 Å². The number of imidazole rings is 2. The van der Waals surface area contributed by atoms with Crippen LogP contribution in [0, 0.1) is 11.8 Å². The first-order chi connectivity index (χ1) is 10.9. The highest BCUT2D eigenvalue weighted by atomic mass is 32.2. The van der Waals surface area contributed by atoms with E-state index < -0.39 is 10.0 Å². The molecule has 8 heteroatoms. The maximum Gasteiger partial charge on any atom is 0.259 e. The van der Waals surface area contributed by atoms with Gasteiger partial charge in [-0.25, -0.2) is 23.1 Å². The molecule has 1 atom stereocenters. The molecule has 3 heterocycles. The molecule has 2 aromatic heterocycles. The average molecular weight is 337 g/mol. The molecule has 126 valence electrons. The van der Waals surface area contributed by atoms with Gasteiger partial charge >= 0.3 is 0 Å². The number of rotatable bonds is 6. The van der Waals surface area contributed by atoms with Crippen molar-refractivity contribution in [3.8, 4) is 0 Å².